The molecule has 5 heteroatoms. The van der Waals surface area contributed by atoms with Crippen LogP contribution in [0.4, 0.5) is 5.69 Å². The largest absolute Gasteiger partial charge is 0.384 e. The minimum Gasteiger partial charge on any atom is -0.384 e. The monoisotopic (exact) mass is 278 g/mol. The minimum absolute atomic E-state index is 0.112. The molecule has 0 saturated carbocycles. The van der Waals surface area contributed by atoms with E-state index >= 15 is 0 Å². The second-order valence-electron chi connectivity index (χ2n) is 5.30. The zero-order chi connectivity index (χ0) is 15.0. The fourth-order valence-corrected chi connectivity index (χ4v) is 1.66. The van der Waals surface area contributed by atoms with E-state index in [2.05, 4.69) is 34.6 Å². The van der Waals surface area contributed by atoms with E-state index in [0.29, 0.717) is 5.69 Å². The lowest BCUT2D eigenvalue weighted by molar-refractivity contribution is 0.0934. The molecule has 0 aliphatic rings. The number of rotatable bonds is 8. The van der Waals surface area contributed by atoms with Crippen molar-refractivity contribution >= 4 is 11.6 Å². The third-order valence-electron chi connectivity index (χ3n) is 3.10. The van der Waals surface area contributed by atoms with Crippen molar-refractivity contribution in [2.45, 2.75) is 32.7 Å². The van der Waals surface area contributed by atoms with Gasteiger partial charge in [-0.2, -0.15) is 0 Å². The molecule has 112 valence electrons. The normalized spacial score (nSPS) is 12.2. The van der Waals surface area contributed by atoms with Gasteiger partial charge >= 0.3 is 0 Å². The summed E-state index contributed by atoms with van der Waals surface area (Å²) in [6.45, 7) is 5.98. The van der Waals surface area contributed by atoms with Crippen LogP contribution in [0, 0.1) is 0 Å². The molecule has 20 heavy (non-hydrogen) atoms. The highest BCUT2D eigenvalue weighted by Crippen LogP contribution is 2.06. The van der Waals surface area contributed by atoms with Gasteiger partial charge in [-0.15, -0.1) is 0 Å². The Bertz CT molecular complexity index is 403. The average molecular weight is 278 g/mol. The fraction of sp³-hybridized carbons (Fsp3) is 0.600. The number of nitrogens with one attached hydrogen (secondary N) is 2. The summed E-state index contributed by atoms with van der Waals surface area (Å²) in [5.74, 6) is -0.112. The van der Waals surface area contributed by atoms with Gasteiger partial charge in [0.2, 0.25) is 0 Å². The van der Waals surface area contributed by atoms with Crippen molar-refractivity contribution in [1.82, 2.24) is 15.2 Å². The number of carbonyl (C=O) groups is 1. The van der Waals surface area contributed by atoms with Crippen molar-refractivity contribution in [3.8, 4) is 0 Å². The SMILES string of the molecule is CCC(C)NC(=O)c1ccc(NCCCN(C)C)cn1. The first kappa shape index (κ1) is 16.4. The highest BCUT2D eigenvalue weighted by atomic mass is 16.1. The van der Waals surface area contributed by atoms with Gasteiger partial charge in [-0.25, -0.2) is 4.98 Å². The van der Waals surface area contributed by atoms with E-state index in [4.69, 9.17) is 0 Å². The molecule has 1 rings (SSSR count). The van der Waals surface area contributed by atoms with E-state index in [0.717, 1.165) is 31.6 Å². The van der Waals surface area contributed by atoms with E-state index in [-0.39, 0.29) is 11.9 Å². The van der Waals surface area contributed by atoms with Crippen LogP contribution in [0.3, 0.4) is 0 Å². The van der Waals surface area contributed by atoms with Crippen molar-refractivity contribution in [3.05, 3.63) is 24.0 Å². The second-order valence-corrected chi connectivity index (χ2v) is 5.30. The summed E-state index contributed by atoms with van der Waals surface area (Å²) < 4.78 is 0. The molecule has 0 bridgehead atoms. The molecule has 2 N–H and O–H groups in total. The molecule has 1 aromatic heterocycles. The molecule has 1 unspecified atom stereocenters. The van der Waals surface area contributed by atoms with E-state index in [1.165, 1.54) is 0 Å². The van der Waals surface area contributed by atoms with Gasteiger partial charge in [-0.3, -0.25) is 4.79 Å². The molecule has 0 spiro atoms. The third kappa shape index (κ3) is 6.02. The first-order chi connectivity index (χ1) is 9.52. The molecule has 1 aromatic rings. The quantitative estimate of drug-likeness (QED) is 0.714. The van der Waals surface area contributed by atoms with Gasteiger partial charge in [-0.05, 0) is 52.5 Å². The number of hydrogen-bond donors (Lipinski definition) is 2. The van der Waals surface area contributed by atoms with Gasteiger partial charge in [0, 0.05) is 12.6 Å². The molecule has 1 heterocycles. The summed E-state index contributed by atoms with van der Waals surface area (Å²) in [5.41, 5.74) is 1.41. The van der Waals surface area contributed by atoms with Crippen LogP contribution in [0.25, 0.3) is 0 Å². The summed E-state index contributed by atoms with van der Waals surface area (Å²) in [5, 5.41) is 6.20. The molecule has 0 fully saturated rings. The van der Waals surface area contributed by atoms with Crippen molar-refractivity contribution in [2.75, 3.05) is 32.5 Å². The molecule has 0 aromatic carbocycles. The van der Waals surface area contributed by atoms with Crippen LogP contribution in [0.2, 0.25) is 0 Å². The Balaban J connectivity index is 2.41. The molecule has 1 amide bonds. The number of aromatic nitrogens is 1. The summed E-state index contributed by atoms with van der Waals surface area (Å²) >= 11 is 0. The molecule has 0 aliphatic carbocycles. The van der Waals surface area contributed by atoms with Crippen LogP contribution in [0.15, 0.2) is 18.3 Å². The van der Waals surface area contributed by atoms with E-state index in [1.807, 2.05) is 19.9 Å². The number of nitrogens with zero attached hydrogens (tertiary/aromatic N) is 2. The lowest BCUT2D eigenvalue weighted by Crippen LogP contribution is -2.32. The molecular formula is C15H26N4O. The van der Waals surface area contributed by atoms with Crippen molar-refractivity contribution in [2.24, 2.45) is 0 Å². The second kappa shape index (κ2) is 8.53. The number of carbonyl (C=O) groups excluding carboxylic acids is 1. The predicted octanol–water partition coefficient (Wildman–Crippen LogP) is 1.97. The van der Waals surface area contributed by atoms with Crippen LogP contribution in [-0.2, 0) is 0 Å². The zero-order valence-corrected chi connectivity index (χ0v) is 12.9. The van der Waals surface area contributed by atoms with Gasteiger partial charge in [0.1, 0.15) is 5.69 Å². The minimum atomic E-state index is -0.112. The number of amides is 1. The maximum atomic E-state index is 11.9. The maximum Gasteiger partial charge on any atom is 0.270 e. The smallest absolute Gasteiger partial charge is 0.270 e. The number of hydrogen-bond acceptors (Lipinski definition) is 4. The Kier molecular flexibility index (Phi) is 7.01. The third-order valence-corrected chi connectivity index (χ3v) is 3.10. The van der Waals surface area contributed by atoms with E-state index in [1.54, 1.807) is 12.3 Å². The van der Waals surface area contributed by atoms with Crippen LogP contribution >= 0.6 is 0 Å². The Labute approximate surface area is 121 Å². The first-order valence-electron chi connectivity index (χ1n) is 7.18. The number of anilines is 1. The fourth-order valence-electron chi connectivity index (χ4n) is 1.66. The Hall–Kier alpha value is -1.62. The Morgan fingerprint density at radius 3 is 2.70 bits per heavy atom. The Morgan fingerprint density at radius 1 is 1.40 bits per heavy atom. The number of pyridine rings is 1. The standard InChI is InChI=1S/C15H26N4O/c1-5-12(2)18-15(20)14-8-7-13(11-17-14)16-9-6-10-19(3)4/h7-8,11-12,16H,5-6,9-10H2,1-4H3,(H,18,20). The zero-order valence-electron chi connectivity index (χ0n) is 12.9. The van der Waals surface area contributed by atoms with Gasteiger partial charge in [0.25, 0.3) is 5.91 Å². The summed E-state index contributed by atoms with van der Waals surface area (Å²) in [6.07, 6.45) is 3.70. The average Bonchev–Trinajstić information content (AvgIpc) is 2.43. The van der Waals surface area contributed by atoms with Gasteiger partial charge in [0.15, 0.2) is 0 Å². The van der Waals surface area contributed by atoms with Crippen LogP contribution in [0.5, 0.6) is 0 Å². The summed E-state index contributed by atoms with van der Waals surface area (Å²) in [4.78, 5) is 18.2. The van der Waals surface area contributed by atoms with Crippen LogP contribution in [-0.4, -0.2) is 49.0 Å². The van der Waals surface area contributed by atoms with Crippen molar-refractivity contribution in [3.63, 3.8) is 0 Å². The van der Waals surface area contributed by atoms with Gasteiger partial charge < -0.3 is 15.5 Å². The predicted molar refractivity (Wildman–Crippen MR) is 83.1 cm³/mol. The van der Waals surface area contributed by atoms with Gasteiger partial charge in [-0.1, -0.05) is 6.92 Å². The molecule has 0 saturated heterocycles. The molecule has 1 atom stereocenters. The lowest BCUT2D eigenvalue weighted by Gasteiger charge is -2.12. The van der Waals surface area contributed by atoms with E-state index in [9.17, 15) is 4.79 Å². The van der Waals surface area contributed by atoms with Crippen LogP contribution < -0.4 is 10.6 Å². The van der Waals surface area contributed by atoms with Crippen molar-refractivity contribution in [1.29, 1.82) is 0 Å². The molecular weight excluding hydrogens is 252 g/mol. The van der Waals surface area contributed by atoms with Crippen molar-refractivity contribution < 1.29 is 4.79 Å². The summed E-state index contributed by atoms with van der Waals surface area (Å²) in [7, 11) is 4.12. The highest BCUT2D eigenvalue weighted by Gasteiger charge is 2.09. The molecule has 0 radical (unpaired) electrons. The topological polar surface area (TPSA) is 57.3 Å². The van der Waals surface area contributed by atoms with Gasteiger partial charge in [0.05, 0.1) is 11.9 Å². The van der Waals surface area contributed by atoms with Crippen LogP contribution in [0.1, 0.15) is 37.2 Å². The molecule has 0 aliphatic heterocycles. The molecule has 5 nitrogen and oxygen atoms in total. The highest BCUT2D eigenvalue weighted by molar-refractivity contribution is 5.92. The Morgan fingerprint density at radius 2 is 2.15 bits per heavy atom. The lowest BCUT2D eigenvalue weighted by atomic mass is 10.2. The maximum absolute atomic E-state index is 11.9. The van der Waals surface area contributed by atoms with E-state index < -0.39 is 0 Å². The summed E-state index contributed by atoms with van der Waals surface area (Å²) in [6, 6.07) is 3.83. The first-order valence-corrected chi connectivity index (χ1v) is 7.18.